The summed E-state index contributed by atoms with van der Waals surface area (Å²) >= 11 is 1.02. The van der Waals surface area contributed by atoms with Crippen LogP contribution < -0.4 is 10.6 Å². The van der Waals surface area contributed by atoms with Crippen molar-refractivity contribution in [2.75, 3.05) is 32.8 Å². The number of hydrogen-bond acceptors (Lipinski definition) is 4. The summed E-state index contributed by atoms with van der Waals surface area (Å²) in [5.74, 6) is 0.669. The third kappa shape index (κ3) is 7.03. The van der Waals surface area contributed by atoms with Crippen LogP contribution in [0.2, 0.25) is 0 Å². The summed E-state index contributed by atoms with van der Waals surface area (Å²) in [6, 6.07) is 0. The van der Waals surface area contributed by atoms with Gasteiger partial charge in [-0.1, -0.05) is 11.6 Å². The van der Waals surface area contributed by atoms with Crippen molar-refractivity contribution < 1.29 is 17.9 Å². The molecule has 0 amide bonds. The first-order chi connectivity index (χ1) is 12.0. The zero-order valence-electron chi connectivity index (χ0n) is 14.2. The summed E-state index contributed by atoms with van der Waals surface area (Å²) in [4.78, 5) is 8.01. The number of ether oxygens (including phenoxy) is 1. The molecule has 0 spiro atoms. The molecule has 0 aromatic carbocycles. The Balaban J connectivity index is 1.78. The van der Waals surface area contributed by atoms with Crippen molar-refractivity contribution in [1.82, 2.24) is 15.6 Å². The van der Waals surface area contributed by atoms with Gasteiger partial charge in [0.2, 0.25) is 0 Å². The topological polar surface area (TPSA) is 58.5 Å². The van der Waals surface area contributed by atoms with Crippen molar-refractivity contribution in [3.63, 3.8) is 0 Å². The molecular formula is C16H23F3N4OS. The van der Waals surface area contributed by atoms with Gasteiger partial charge in [0.15, 0.2) is 11.7 Å². The zero-order valence-corrected chi connectivity index (χ0v) is 15.0. The number of hydrogen-bond donors (Lipinski definition) is 2. The van der Waals surface area contributed by atoms with Crippen LogP contribution in [-0.2, 0) is 17.3 Å². The summed E-state index contributed by atoms with van der Waals surface area (Å²) in [6.07, 6.45) is -0.000751. The van der Waals surface area contributed by atoms with E-state index in [0.717, 1.165) is 49.3 Å². The van der Waals surface area contributed by atoms with E-state index in [1.165, 1.54) is 5.57 Å². The molecule has 2 N–H and O–H groups in total. The van der Waals surface area contributed by atoms with Crippen molar-refractivity contribution >= 4 is 17.3 Å². The summed E-state index contributed by atoms with van der Waals surface area (Å²) in [5.41, 5.74) is 0.545. The molecule has 0 radical (unpaired) electrons. The quantitative estimate of drug-likeness (QED) is 0.436. The maximum atomic E-state index is 12.5. The lowest BCUT2D eigenvalue weighted by Crippen LogP contribution is -2.38. The van der Waals surface area contributed by atoms with E-state index in [4.69, 9.17) is 4.74 Å². The maximum Gasteiger partial charge on any atom is 0.434 e. The number of aromatic nitrogens is 1. The number of nitrogens with one attached hydrogen (secondary N) is 2. The van der Waals surface area contributed by atoms with Crippen molar-refractivity contribution in [2.45, 2.75) is 32.4 Å². The van der Waals surface area contributed by atoms with E-state index in [0.29, 0.717) is 30.5 Å². The Labute approximate surface area is 149 Å². The number of halogens is 3. The lowest BCUT2D eigenvalue weighted by atomic mass is 10.1. The van der Waals surface area contributed by atoms with Crippen molar-refractivity contribution in [2.24, 2.45) is 4.99 Å². The second kappa shape index (κ2) is 9.76. The molecule has 140 valence electrons. The van der Waals surface area contributed by atoms with E-state index < -0.39 is 11.9 Å². The highest BCUT2D eigenvalue weighted by atomic mass is 32.1. The van der Waals surface area contributed by atoms with Gasteiger partial charge in [0.25, 0.3) is 0 Å². The summed E-state index contributed by atoms with van der Waals surface area (Å²) < 4.78 is 42.9. The molecule has 0 saturated carbocycles. The fraction of sp³-hybridized carbons (Fsp3) is 0.625. The molecular weight excluding hydrogens is 353 g/mol. The highest BCUT2D eigenvalue weighted by Crippen LogP contribution is 2.30. The predicted molar refractivity (Wildman–Crippen MR) is 92.9 cm³/mol. The molecule has 5 nitrogen and oxygen atoms in total. The Hall–Kier alpha value is -1.61. The Kier molecular flexibility index (Phi) is 7.70. The van der Waals surface area contributed by atoms with Gasteiger partial charge >= 0.3 is 6.18 Å². The fourth-order valence-electron chi connectivity index (χ4n) is 2.29. The van der Waals surface area contributed by atoms with Crippen LogP contribution in [0, 0.1) is 0 Å². The molecule has 0 saturated heterocycles. The maximum absolute atomic E-state index is 12.5. The lowest BCUT2D eigenvalue weighted by Gasteiger charge is -2.15. The van der Waals surface area contributed by atoms with Gasteiger partial charge in [0.1, 0.15) is 0 Å². The minimum atomic E-state index is -4.38. The zero-order chi connectivity index (χ0) is 18.1. The molecule has 0 unspecified atom stereocenters. The number of guanidine groups is 1. The Morgan fingerprint density at radius 3 is 2.84 bits per heavy atom. The molecule has 1 aliphatic heterocycles. The highest BCUT2D eigenvalue weighted by Gasteiger charge is 2.33. The lowest BCUT2D eigenvalue weighted by molar-refractivity contribution is -0.140. The van der Waals surface area contributed by atoms with Crippen LogP contribution in [0.3, 0.4) is 0 Å². The molecule has 0 aliphatic carbocycles. The molecule has 1 aliphatic rings. The summed E-state index contributed by atoms with van der Waals surface area (Å²) in [6.45, 7) is 5.28. The van der Waals surface area contributed by atoms with Crippen molar-refractivity contribution in [3.8, 4) is 0 Å². The Bertz CT molecular complexity index is 598. The van der Waals surface area contributed by atoms with Gasteiger partial charge in [0, 0.05) is 31.4 Å². The third-order valence-electron chi connectivity index (χ3n) is 3.58. The SMILES string of the molecule is CCNC(=NCCc1nc(C(F)(F)F)cs1)NCCC1=CCOCC1. The van der Waals surface area contributed by atoms with Crippen LogP contribution >= 0.6 is 11.3 Å². The van der Waals surface area contributed by atoms with Gasteiger partial charge in [-0.15, -0.1) is 11.3 Å². The molecule has 25 heavy (non-hydrogen) atoms. The number of aliphatic imine (C=N–C) groups is 1. The molecule has 2 heterocycles. The number of rotatable bonds is 7. The molecule has 0 atom stereocenters. The molecule has 0 fully saturated rings. The van der Waals surface area contributed by atoms with Crippen LogP contribution in [0.4, 0.5) is 13.2 Å². The minimum absolute atomic E-state index is 0.386. The Morgan fingerprint density at radius 2 is 2.20 bits per heavy atom. The van der Waals surface area contributed by atoms with Gasteiger partial charge in [-0.25, -0.2) is 4.98 Å². The van der Waals surface area contributed by atoms with Crippen molar-refractivity contribution in [3.05, 3.63) is 27.7 Å². The van der Waals surface area contributed by atoms with Crippen LogP contribution in [0.1, 0.15) is 30.5 Å². The number of alkyl halides is 3. The standard InChI is InChI=1S/C16H23F3N4OS/c1-2-20-15(21-7-3-12-5-9-24-10-6-12)22-8-4-14-23-13(11-25-14)16(17,18)19/h5,11H,2-4,6-10H2,1H3,(H2,20,21,22). The number of nitrogens with zero attached hydrogens (tertiary/aromatic N) is 2. The van der Waals surface area contributed by atoms with E-state index >= 15 is 0 Å². The first-order valence-electron chi connectivity index (χ1n) is 8.28. The summed E-state index contributed by atoms with van der Waals surface area (Å²) in [5, 5.41) is 7.87. The molecule has 2 rings (SSSR count). The van der Waals surface area contributed by atoms with Crippen LogP contribution in [-0.4, -0.2) is 43.8 Å². The molecule has 0 bridgehead atoms. The molecule has 9 heteroatoms. The first kappa shape index (κ1) is 19.7. The minimum Gasteiger partial charge on any atom is -0.377 e. The van der Waals surface area contributed by atoms with Gasteiger partial charge in [-0.05, 0) is 19.8 Å². The average molecular weight is 376 g/mol. The van der Waals surface area contributed by atoms with Crippen LogP contribution in [0.15, 0.2) is 22.0 Å². The predicted octanol–water partition coefficient (Wildman–Crippen LogP) is 3.00. The van der Waals surface area contributed by atoms with Gasteiger partial charge < -0.3 is 15.4 Å². The second-order valence-electron chi connectivity index (χ2n) is 5.50. The van der Waals surface area contributed by atoms with E-state index in [1.807, 2.05) is 6.92 Å². The highest BCUT2D eigenvalue weighted by molar-refractivity contribution is 7.09. The Morgan fingerprint density at radius 1 is 1.36 bits per heavy atom. The van der Waals surface area contributed by atoms with Gasteiger partial charge in [0.05, 0.1) is 18.2 Å². The molecule has 1 aromatic rings. The normalized spacial score (nSPS) is 15.8. The van der Waals surface area contributed by atoms with Crippen molar-refractivity contribution in [1.29, 1.82) is 0 Å². The van der Waals surface area contributed by atoms with E-state index in [9.17, 15) is 13.2 Å². The van der Waals surface area contributed by atoms with E-state index in [1.54, 1.807) is 0 Å². The fourth-order valence-corrected chi connectivity index (χ4v) is 3.09. The summed E-state index contributed by atoms with van der Waals surface area (Å²) in [7, 11) is 0. The van der Waals surface area contributed by atoms with E-state index in [2.05, 4.69) is 26.7 Å². The van der Waals surface area contributed by atoms with Crippen LogP contribution in [0.5, 0.6) is 0 Å². The number of thiazole rings is 1. The van der Waals surface area contributed by atoms with E-state index in [-0.39, 0.29) is 0 Å². The smallest absolute Gasteiger partial charge is 0.377 e. The average Bonchev–Trinajstić information content (AvgIpc) is 3.05. The first-order valence-corrected chi connectivity index (χ1v) is 9.16. The second-order valence-corrected chi connectivity index (χ2v) is 6.44. The largest absolute Gasteiger partial charge is 0.434 e. The monoisotopic (exact) mass is 376 g/mol. The van der Waals surface area contributed by atoms with Gasteiger partial charge in [-0.3, -0.25) is 4.99 Å². The van der Waals surface area contributed by atoms with Crippen LogP contribution in [0.25, 0.3) is 0 Å². The van der Waals surface area contributed by atoms with Gasteiger partial charge in [-0.2, -0.15) is 13.2 Å². The third-order valence-corrected chi connectivity index (χ3v) is 4.49. The molecule has 1 aromatic heterocycles.